The molecule has 0 aliphatic rings. The third-order valence-electron chi connectivity index (χ3n) is 2.28. The molecule has 19 heavy (non-hydrogen) atoms. The molecule has 6 nitrogen and oxygen atoms in total. The molecule has 0 amide bonds. The highest BCUT2D eigenvalue weighted by molar-refractivity contribution is 7.99. The normalized spacial score (nSPS) is 10.1. The van der Waals surface area contributed by atoms with Crippen LogP contribution in [0.25, 0.3) is 0 Å². The van der Waals surface area contributed by atoms with Crippen molar-refractivity contribution in [1.82, 2.24) is 4.98 Å². The molecule has 0 aliphatic carbocycles. The summed E-state index contributed by atoms with van der Waals surface area (Å²) in [6.45, 7) is 0. The van der Waals surface area contributed by atoms with Crippen LogP contribution in [0.3, 0.4) is 0 Å². The Bertz CT molecular complexity index is 631. The SMILES string of the molecule is O=C(O)c1cc(Sc2ccncc2)ccc1[N+](=O)[O-]. The monoisotopic (exact) mass is 276 g/mol. The molecule has 1 aromatic heterocycles. The molecule has 0 unspecified atom stereocenters. The Morgan fingerprint density at radius 3 is 2.47 bits per heavy atom. The van der Waals surface area contributed by atoms with E-state index in [2.05, 4.69) is 4.98 Å². The molecule has 0 spiro atoms. The highest BCUT2D eigenvalue weighted by Gasteiger charge is 2.20. The number of benzene rings is 1. The van der Waals surface area contributed by atoms with Gasteiger partial charge in [-0.05, 0) is 24.3 Å². The van der Waals surface area contributed by atoms with Gasteiger partial charge in [0.2, 0.25) is 0 Å². The third kappa shape index (κ3) is 3.08. The molecule has 0 fully saturated rings. The van der Waals surface area contributed by atoms with E-state index < -0.39 is 16.6 Å². The lowest BCUT2D eigenvalue weighted by atomic mass is 10.2. The standard InChI is InChI=1S/C12H8N2O4S/c15-12(16)10-7-9(1-2-11(10)14(17)18)19-8-3-5-13-6-4-8/h1-7H,(H,15,16). The average Bonchev–Trinajstić information content (AvgIpc) is 2.39. The molecule has 0 saturated carbocycles. The van der Waals surface area contributed by atoms with Gasteiger partial charge in [-0.25, -0.2) is 4.79 Å². The zero-order valence-corrected chi connectivity index (χ0v) is 10.3. The summed E-state index contributed by atoms with van der Waals surface area (Å²) in [5.74, 6) is -1.32. The van der Waals surface area contributed by atoms with E-state index in [0.717, 1.165) is 4.90 Å². The summed E-state index contributed by atoms with van der Waals surface area (Å²) < 4.78 is 0. The lowest BCUT2D eigenvalue weighted by molar-refractivity contribution is -0.385. The first-order valence-electron chi connectivity index (χ1n) is 5.17. The molecular formula is C12H8N2O4S. The van der Waals surface area contributed by atoms with Crippen LogP contribution >= 0.6 is 11.8 Å². The molecule has 1 N–H and O–H groups in total. The molecule has 2 aromatic rings. The fourth-order valence-corrected chi connectivity index (χ4v) is 2.29. The van der Waals surface area contributed by atoms with Crippen LogP contribution in [-0.4, -0.2) is 21.0 Å². The number of pyridine rings is 1. The van der Waals surface area contributed by atoms with Gasteiger partial charge in [-0.1, -0.05) is 11.8 Å². The van der Waals surface area contributed by atoms with Gasteiger partial charge < -0.3 is 5.11 Å². The first-order valence-corrected chi connectivity index (χ1v) is 5.99. The Balaban J connectivity index is 2.36. The van der Waals surface area contributed by atoms with Crippen LogP contribution in [0.4, 0.5) is 5.69 Å². The number of aromatic nitrogens is 1. The van der Waals surface area contributed by atoms with Gasteiger partial charge in [0.1, 0.15) is 5.56 Å². The van der Waals surface area contributed by atoms with E-state index in [-0.39, 0.29) is 5.56 Å². The Labute approximate surface area is 112 Å². The van der Waals surface area contributed by atoms with E-state index in [9.17, 15) is 14.9 Å². The van der Waals surface area contributed by atoms with Crippen molar-refractivity contribution in [2.24, 2.45) is 0 Å². The highest BCUT2D eigenvalue weighted by Crippen LogP contribution is 2.30. The zero-order chi connectivity index (χ0) is 13.8. The predicted octanol–water partition coefficient (Wildman–Crippen LogP) is 2.84. The first kappa shape index (κ1) is 13.0. The maximum absolute atomic E-state index is 11.0. The van der Waals surface area contributed by atoms with Crippen molar-refractivity contribution in [1.29, 1.82) is 0 Å². The van der Waals surface area contributed by atoms with Gasteiger partial charge in [-0.2, -0.15) is 0 Å². The molecule has 2 rings (SSSR count). The van der Waals surface area contributed by atoms with E-state index in [1.165, 1.54) is 30.0 Å². The Morgan fingerprint density at radius 2 is 1.89 bits per heavy atom. The summed E-state index contributed by atoms with van der Waals surface area (Å²) in [6, 6.07) is 7.56. The van der Waals surface area contributed by atoms with E-state index >= 15 is 0 Å². The fraction of sp³-hybridized carbons (Fsp3) is 0. The average molecular weight is 276 g/mol. The van der Waals surface area contributed by atoms with Crippen molar-refractivity contribution in [2.45, 2.75) is 9.79 Å². The number of carboxylic acids is 1. The number of nitro benzene ring substituents is 1. The summed E-state index contributed by atoms with van der Waals surface area (Å²) >= 11 is 1.31. The topological polar surface area (TPSA) is 93.3 Å². The van der Waals surface area contributed by atoms with Crippen molar-refractivity contribution >= 4 is 23.4 Å². The second-order valence-corrected chi connectivity index (χ2v) is 4.67. The van der Waals surface area contributed by atoms with Crippen LogP contribution in [0.15, 0.2) is 52.5 Å². The van der Waals surface area contributed by atoms with Crippen molar-refractivity contribution in [3.8, 4) is 0 Å². The number of aromatic carboxylic acids is 1. The molecule has 0 radical (unpaired) electrons. The van der Waals surface area contributed by atoms with Crippen LogP contribution in [0.2, 0.25) is 0 Å². The number of nitrogens with zero attached hydrogens (tertiary/aromatic N) is 2. The molecule has 7 heteroatoms. The van der Waals surface area contributed by atoms with Gasteiger partial charge in [0.15, 0.2) is 0 Å². The molecule has 0 atom stereocenters. The third-order valence-corrected chi connectivity index (χ3v) is 3.28. The quantitative estimate of drug-likeness (QED) is 0.681. The Morgan fingerprint density at radius 1 is 1.21 bits per heavy atom. The fourth-order valence-electron chi connectivity index (χ4n) is 1.45. The van der Waals surface area contributed by atoms with Crippen LogP contribution in [-0.2, 0) is 0 Å². The van der Waals surface area contributed by atoms with E-state index in [4.69, 9.17) is 5.11 Å². The van der Waals surface area contributed by atoms with Gasteiger partial charge in [-0.15, -0.1) is 0 Å². The van der Waals surface area contributed by atoms with Crippen LogP contribution in [0.1, 0.15) is 10.4 Å². The van der Waals surface area contributed by atoms with Gasteiger partial charge in [-0.3, -0.25) is 15.1 Å². The number of carbonyl (C=O) groups is 1. The molecular weight excluding hydrogens is 268 g/mol. The van der Waals surface area contributed by atoms with Crippen LogP contribution in [0.5, 0.6) is 0 Å². The lowest BCUT2D eigenvalue weighted by Crippen LogP contribution is -2.02. The van der Waals surface area contributed by atoms with Gasteiger partial charge in [0, 0.05) is 28.3 Å². The molecule has 1 heterocycles. The number of hydrogen-bond acceptors (Lipinski definition) is 5. The largest absolute Gasteiger partial charge is 0.477 e. The predicted molar refractivity (Wildman–Crippen MR) is 68.4 cm³/mol. The second-order valence-electron chi connectivity index (χ2n) is 3.53. The number of hydrogen-bond donors (Lipinski definition) is 1. The molecule has 0 bridgehead atoms. The first-order chi connectivity index (χ1) is 9.08. The molecule has 0 saturated heterocycles. The van der Waals surface area contributed by atoms with Crippen molar-refractivity contribution < 1.29 is 14.8 Å². The molecule has 1 aromatic carbocycles. The smallest absolute Gasteiger partial charge is 0.342 e. The number of rotatable bonds is 4. The van der Waals surface area contributed by atoms with Crippen molar-refractivity contribution in [3.63, 3.8) is 0 Å². The number of carboxylic acid groups (broad SMARTS) is 1. The van der Waals surface area contributed by atoms with E-state index in [0.29, 0.717) is 4.90 Å². The summed E-state index contributed by atoms with van der Waals surface area (Å²) in [5.41, 5.74) is -0.726. The molecule has 0 aliphatic heterocycles. The van der Waals surface area contributed by atoms with Gasteiger partial charge in [0.25, 0.3) is 5.69 Å². The van der Waals surface area contributed by atoms with E-state index in [1.54, 1.807) is 24.5 Å². The highest BCUT2D eigenvalue weighted by atomic mass is 32.2. The second kappa shape index (κ2) is 5.49. The minimum absolute atomic E-state index is 0.316. The Kier molecular flexibility index (Phi) is 3.76. The van der Waals surface area contributed by atoms with Crippen LogP contribution < -0.4 is 0 Å². The van der Waals surface area contributed by atoms with E-state index in [1.807, 2.05) is 0 Å². The minimum Gasteiger partial charge on any atom is -0.477 e. The van der Waals surface area contributed by atoms with Crippen molar-refractivity contribution in [3.05, 3.63) is 58.4 Å². The molecule has 96 valence electrons. The maximum atomic E-state index is 11.0. The summed E-state index contributed by atoms with van der Waals surface area (Å²) in [4.78, 5) is 26.4. The Hall–Kier alpha value is -2.41. The van der Waals surface area contributed by atoms with Crippen LogP contribution in [0, 0.1) is 10.1 Å². The zero-order valence-electron chi connectivity index (χ0n) is 9.52. The van der Waals surface area contributed by atoms with Crippen molar-refractivity contribution in [2.75, 3.05) is 0 Å². The summed E-state index contributed by atoms with van der Waals surface area (Å²) in [6.07, 6.45) is 3.23. The van der Waals surface area contributed by atoms with Gasteiger partial charge >= 0.3 is 5.97 Å². The minimum atomic E-state index is -1.32. The van der Waals surface area contributed by atoms with Gasteiger partial charge in [0.05, 0.1) is 4.92 Å². The summed E-state index contributed by atoms with van der Waals surface area (Å²) in [5, 5.41) is 19.7. The number of nitro groups is 1. The maximum Gasteiger partial charge on any atom is 0.342 e. The summed E-state index contributed by atoms with van der Waals surface area (Å²) in [7, 11) is 0. The lowest BCUT2D eigenvalue weighted by Gasteiger charge is -2.03.